The Morgan fingerprint density at radius 3 is 1.93 bits per heavy atom. The van der Waals surface area contributed by atoms with Crippen LogP contribution in [0.25, 0.3) is 0 Å². The summed E-state index contributed by atoms with van der Waals surface area (Å²) in [6, 6.07) is -0.764. The fraction of sp³-hybridized carbons (Fsp3) is 0.829. The van der Waals surface area contributed by atoms with Crippen molar-refractivity contribution in [3.8, 4) is 0 Å². The van der Waals surface area contributed by atoms with Gasteiger partial charge in [-0.25, -0.2) is 0 Å². The number of ketones is 3. The van der Waals surface area contributed by atoms with Gasteiger partial charge in [-0.15, -0.1) is 0 Å². The van der Waals surface area contributed by atoms with Crippen molar-refractivity contribution >= 4 is 35.1 Å². The van der Waals surface area contributed by atoms with E-state index in [1.165, 1.54) is 0 Å². The number of nitrogens with two attached hydrogens (primary N) is 1. The maximum absolute atomic E-state index is 14.6. The Kier molecular flexibility index (Phi) is 8.84. The lowest BCUT2D eigenvalue weighted by atomic mass is 9.75. The molecule has 4 fully saturated rings. The Balaban J connectivity index is 1.66. The molecule has 0 bridgehead atoms. The number of hydrogen-bond donors (Lipinski definition) is 1. The molecular formula is C35H55N3O6. The number of rotatable bonds is 11. The number of nitrogens with zero attached hydrogens (tertiary/aromatic N) is 2. The minimum absolute atomic E-state index is 0.0148. The first-order chi connectivity index (χ1) is 20.1. The minimum Gasteiger partial charge on any atom is -0.363 e. The second kappa shape index (κ2) is 11.3. The van der Waals surface area contributed by atoms with Gasteiger partial charge < -0.3 is 15.5 Å². The van der Waals surface area contributed by atoms with Crippen LogP contribution in [0.2, 0.25) is 0 Å². The Hall–Kier alpha value is -2.58. The number of carbonyl (C=O) groups is 6. The Morgan fingerprint density at radius 2 is 1.48 bits per heavy atom. The van der Waals surface area contributed by atoms with Crippen LogP contribution in [-0.4, -0.2) is 70.5 Å². The van der Waals surface area contributed by atoms with E-state index in [9.17, 15) is 28.8 Å². The van der Waals surface area contributed by atoms with E-state index in [4.69, 9.17) is 5.73 Å². The summed E-state index contributed by atoms with van der Waals surface area (Å²) in [7, 11) is 0. The number of primary amides is 1. The predicted molar refractivity (Wildman–Crippen MR) is 167 cm³/mol. The number of amides is 3. The van der Waals surface area contributed by atoms with Gasteiger partial charge in [-0.2, -0.15) is 0 Å². The molecule has 4 rings (SSSR count). The summed E-state index contributed by atoms with van der Waals surface area (Å²) in [5, 5.41) is 0. The third-order valence-corrected chi connectivity index (χ3v) is 12.0. The van der Waals surface area contributed by atoms with Crippen LogP contribution in [0.1, 0.15) is 114 Å². The molecule has 0 aromatic heterocycles. The Bertz CT molecular complexity index is 1230. The molecule has 2 aliphatic carbocycles. The van der Waals surface area contributed by atoms with Crippen molar-refractivity contribution < 1.29 is 28.8 Å². The van der Waals surface area contributed by atoms with Gasteiger partial charge in [0, 0.05) is 68.5 Å². The summed E-state index contributed by atoms with van der Waals surface area (Å²) in [5.41, 5.74) is 3.90. The van der Waals surface area contributed by atoms with Gasteiger partial charge in [0.1, 0.15) is 5.78 Å². The zero-order valence-electron chi connectivity index (χ0n) is 28.5. The summed E-state index contributed by atoms with van der Waals surface area (Å²) in [6.07, 6.45) is 4.23. The van der Waals surface area contributed by atoms with E-state index >= 15 is 0 Å². The molecule has 4 atom stereocenters. The van der Waals surface area contributed by atoms with Gasteiger partial charge in [-0.05, 0) is 35.0 Å². The van der Waals surface area contributed by atoms with Crippen LogP contribution in [0.15, 0.2) is 0 Å². The largest absolute Gasteiger partial charge is 0.363 e. The monoisotopic (exact) mass is 613 g/mol. The molecule has 0 aromatic carbocycles. The molecule has 2 saturated heterocycles. The highest BCUT2D eigenvalue weighted by molar-refractivity contribution is 6.36. The molecule has 2 spiro atoms. The molecule has 9 nitrogen and oxygen atoms in total. The Morgan fingerprint density at radius 1 is 0.886 bits per heavy atom. The van der Waals surface area contributed by atoms with Crippen LogP contribution < -0.4 is 5.73 Å². The predicted octanol–water partition coefficient (Wildman–Crippen LogP) is 4.34. The fourth-order valence-corrected chi connectivity index (χ4v) is 8.86. The van der Waals surface area contributed by atoms with Crippen LogP contribution in [0, 0.1) is 44.8 Å². The van der Waals surface area contributed by atoms with Crippen LogP contribution in [0.5, 0.6) is 0 Å². The molecule has 2 aliphatic heterocycles. The van der Waals surface area contributed by atoms with Crippen molar-refractivity contribution in [1.29, 1.82) is 0 Å². The van der Waals surface area contributed by atoms with Gasteiger partial charge in [0.15, 0.2) is 5.78 Å². The molecular weight excluding hydrogens is 558 g/mol. The second-order valence-electron chi connectivity index (χ2n) is 17.4. The zero-order valence-corrected chi connectivity index (χ0v) is 28.5. The second-order valence-corrected chi connectivity index (χ2v) is 17.4. The summed E-state index contributed by atoms with van der Waals surface area (Å²) in [5.74, 6) is -3.23. The lowest BCUT2D eigenvalue weighted by Gasteiger charge is -2.43. The SMILES string of the molecule is CC(=O)N1CC2(C1)C(C)(C)[C@]21C[C@@H](C(=O)CC(CC2CCC2)C(=O)C(N)=O)N(C(=O)[C@@H](CC(=O)CC(C)(C)C)C(C)(C)C)C1. The van der Waals surface area contributed by atoms with Crippen LogP contribution >= 0.6 is 0 Å². The highest BCUT2D eigenvalue weighted by Gasteiger charge is 2.87. The standard InChI is InChI=1S/C35H55N3O6/c1-21(39)37-18-35(19-37)33(8,9)34(35)17-26(27(41)14-23(28(42)29(36)43)13-22-11-10-12-22)38(20-34)30(44)25(32(5,6)7)15-24(40)16-31(2,3)4/h22-23,25-26H,10-20H2,1-9H3,(H2,36,43)/t23?,25-,26+,34-/m1/s1. The summed E-state index contributed by atoms with van der Waals surface area (Å²) in [6.45, 7) is 19.4. The van der Waals surface area contributed by atoms with Crippen molar-refractivity contribution in [2.75, 3.05) is 19.6 Å². The molecule has 1 unspecified atom stereocenters. The van der Waals surface area contributed by atoms with Crippen LogP contribution in [-0.2, 0) is 28.8 Å². The van der Waals surface area contributed by atoms with E-state index in [0.29, 0.717) is 44.8 Å². The number of fused-ring (bicyclic) bond motifs is 1. The van der Waals surface area contributed by atoms with E-state index in [-0.39, 0.29) is 57.9 Å². The van der Waals surface area contributed by atoms with Crippen molar-refractivity contribution in [1.82, 2.24) is 9.80 Å². The van der Waals surface area contributed by atoms with Gasteiger partial charge >= 0.3 is 0 Å². The Labute approximate surface area is 263 Å². The molecule has 44 heavy (non-hydrogen) atoms. The molecule has 2 heterocycles. The summed E-state index contributed by atoms with van der Waals surface area (Å²) >= 11 is 0. The first kappa shape index (κ1) is 34.3. The number of hydrogen-bond acceptors (Lipinski definition) is 6. The van der Waals surface area contributed by atoms with Crippen molar-refractivity contribution in [3.63, 3.8) is 0 Å². The average molecular weight is 614 g/mol. The maximum Gasteiger partial charge on any atom is 0.285 e. The zero-order chi connectivity index (χ0) is 33.2. The molecule has 2 saturated carbocycles. The van der Waals surface area contributed by atoms with Crippen molar-refractivity contribution in [2.24, 2.45) is 50.6 Å². The van der Waals surface area contributed by atoms with E-state index < -0.39 is 35.0 Å². The highest BCUT2D eigenvalue weighted by Crippen LogP contribution is 2.84. The quantitative estimate of drug-likeness (QED) is 0.345. The molecule has 0 radical (unpaired) electrons. The molecule has 9 heteroatoms. The van der Waals surface area contributed by atoms with E-state index in [1.54, 1.807) is 11.8 Å². The molecule has 3 amide bonds. The average Bonchev–Trinajstić information content (AvgIpc) is 3.07. The van der Waals surface area contributed by atoms with Gasteiger partial charge in [-0.3, -0.25) is 28.8 Å². The van der Waals surface area contributed by atoms with E-state index in [2.05, 4.69) is 13.8 Å². The molecule has 4 aliphatic rings. The normalized spacial score (nSPS) is 27.0. The van der Waals surface area contributed by atoms with Crippen LogP contribution in [0.4, 0.5) is 0 Å². The first-order valence-corrected chi connectivity index (χ1v) is 16.5. The van der Waals surface area contributed by atoms with Crippen LogP contribution in [0.3, 0.4) is 0 Å². The summed E-state index contributed by atoms with van der Waals surface area (Å²) in [4.78, 5) is 82.6. The number of likely N-dealkylation sites (tertiary alicyclic amines) is 2. The van der Waals surface area contributed by atoms with Gasteiger partial charge in [0.2, 0.25) is 17.6 Å². The highest BCUT2D eigenvalue weighted by atomic mass is 16.2. The molecule has 2 N–H and O–H groups in total. The minimum atomic E-state index is -1.02. The lowest BCUT2D eigenvalue weighted by Crippen LogP contribution is -2.54. The van der Waals surface area contributed by atoms with Gasteiger partial charge in [0.05, 0.1) is 6.04 Å². The topological polar surface area (TPSA) is 135 Å². The molecule has 246 valence electrons. The lowest BCUT2D eigenvalue weighted by molar-refractivity contribution is -0.147. The third kappa shape index (κ3) is 5.89. The maximum atomic E-state index is 14.6. The first-order valence-electron chi connectivity index (χ1n) is 16.5. The smallest absolute Gasteiger partial charge is 0.285 e. The van der Waals surface area contributed by atoms with Crippen molar-refractivity contribution in [3.05, 3.63) is 0 Å². The van der Waals surface area contributed by atoms with E-state index in [1.807, 2.05) is 46.4 Å². The molecule has 0 aromatic rings. The third-order valence-electron chi connectivity index (χ3n) is 12.0. The number of Topliss-reactive ketones (excluding diaryl/α,β-unsaturated/α-hetero) is 3. The van der Waals surface area contributed by atoms with Gasteiger partial charge in [-0.1, -0.05) is 74.7 Å². The van der Waals surface area contributed by atoms with Gasteiger partial charge in [0.25, 0.3) is 5.91 Å². The number of carbonyl (C=O) groups excluding carboxylic acids is 6. The fourth-order valence-electron chi connectivity index (χ4n) is 8.86. The van der Waals surface area contributed by atoms with E-state index in [0.717, 1.165) is 19.3 Å². The van der Waals surface area contributed by atoms with Crippen molar-refractivity contribution in [2.45, 2.75) is 120 Å². The summed E-state index contributed by atoms with van der Waals surface area (Å²) < 4.78 is 0.